The van der Waals surface area contributed by atoms with Crippen molar-refractivity contribution in [2.24, 2.45) is 5.92 Å². The van der Waals surface area contributed by atoms with Gasteiger partial charge in [0.2, 0.25) is 5.91 Å². The van der Waals surface area contributed by atoms with Gasteiger partial charge in [-0.3, -0.25) is 4.79 Å². The molecular weight excluding hydrogens is 249 g/mol. The van der Waals surface area contributed by atoms with Crippen LogP contribution in [-0.4, -0.2) is 18.2 Å². The van der Waals surface area contributed by atoms with Crippen molar-refractivity contribution in [2.45, 2.75) is 26.2 Å². The minimum Gasteiger partial charge on any atom is -0.312 e. The number of rotatable bonds is 4. The second-order valence-corrected chi connectivity index (χ2v) is 5.10. The number of thiol groups is 1. The molecule has 0 bridgehead atoms. The summed E-state index contributed by atoms with van der Waals surface area (Å²) in [5, 5.41) is 0. The standard InChI is InChI=1S/C14H18FNOS/c1-2-10(9-18)8-16-13-5-4-12(15)7-11(13)3-6-14(16)17/h4-5,7,10,18H,2-3,6,8-9H2,1H3. The van der Waals surface area contributed by atoms with Crippen LogP contribution in [-0.2, 0) is 11.2 Å². The molecule has 0 fully saturated rings. The highest BCUT2D eigenvalue weighted by atomic mass is 32.1. The topological polar surface area (TPSA) is 20.3 Å². The third-order valence-electron chi connectivity index (χ3n) is 3.52. The number of fused-ring (bicyclic) bond motifs is 1. The summed E-state index contributed by atoms with van der Waals surface area (Å²) in [5.41, 5.74) is 1.80. The molecule has 1 unspecified atom stereocenters. The molecule has 1 atom stereocenters. The molecule has 1 amide bonds. The molecule has 0 saturated heterocycles. The fourth-order valence-electron chi connectivity index (χ4n) is 2.30. The van der Waals surface area contributed by atoms with Gasteiger partial charge in [0.1, 0.15) is 5.82 Å². The van der Waals surface area contributed by atoms with Crippen LogP contribution in [0.1, 0.15) is 25.3 Å². The highest BCUT2D eigenvalue weighted by molar-refractivity contribution is 7.80. The lowest BCUT2D eigenvalue weighted by atomic mass is 9.99. The molecule has 2 nitrogen and oxygen atoms in total. The number of carbonyl (C=O) groups is 1. The van der Waals surface area contributed by atoms with Crippen LogP contribution in [0.2, 0.25) is 0 Å². The zero-order valence-electron chi connectivity index (χ0n) is 10.5. The largest absolute Gasteiger partial charge is 0.312 e. The Labute approximate surface area is 113 Å². The molecule has 4 heteroatoms. The highest BCUT2D eigenvalue weighted by Crippen LogP contribution is 2.29. The minimum atomic E-state index is -0.232. The summed E-state index contributed by atoms with van der Waals surface area (Å²) in [5.74, 6) is 1.04. The van der Waals surface area contributed by atoms with Crippen LogP contribution >= 0.6 is 12.6 Å². The lowest BCUT2D eigenvalue weighted by Gasteiger charge is -2.32. The SMILES string of the molecule is CCC(CS)CN1C(=O)CCc2cc(F)ccc21. The molecular formula is C14H18FNOS. The van der Waals surface area contributed by atoms with Crippen LogP contribution in [0.15, 0.2) is 18.2 Å². The van der Waals surface area contributed by atoms with Crippen molar-refractivity contribution >= 4 is 24.2 Å². The van der Waals surface area contributed by atoms with Crippen molar-refractivity contribution in [3.05, 3.63) is 29.6 Å². The van der Waals surface area contributed by atoms with Crippen LogP contribution in [0, 0.1) is 11.7 Å². The highest BCUT2D eigenvalue weighted by Gasteiger charge is 2.25. The molecule has 1 aromatic carbocycles. The number of benzene rings is 1. The second-order valence-electron chi connectivity index (χ2n) is 4.73. The van der Waals surface area contributed by atoms with E-state index in [0.29, 0.717) is 25.3 Å². The van der Waals surface area contributed by atoms with Gasteiger partial charge in [-0.15, -0.1) is 0 Å². The normalized spacial score (nSPS) is 16.6. The Morgan fingerprint density at radius 3 is 2.89 bits per heavy atom. The Balaban J connectivity index is 2.27. The third kappa shape index (κ3) is 2.69. The molecule has 0 aliphatic carbocycles. The molecule has 0 saturated carbocycles. The van der Waals surface area contributed by atoms with Crippen molar-refractivity contribution in [1.82, 2.24) is 0 Å². The summed E-state index contributed by atoms with van der Waals surface area (Å²) in [6.45, 7) is 2.78. The number of nitrogens with zero attached hydrogens (tertiary/aromatic N) is 1. The zero-order chi connectivity index (χ0) is 13.1. The molecule has 0 radical (unpaired) electrons. The van der Waals surface area contributed by atoms with Gasteiger partial charge in [-0.1, -0.05) is 13.3 Å². The predicted molar refractivity (Wildman–Crippen MR) is 74.7 cm³/mol. The first kappa shape index (κ1) is 13.4. The Kier molecular flexibility index (Phi) is 4.27. The van der Waals surface area contributed by atoms with Gasteiger partial charge in [0.15, 0.2) is 0 Å². The Morgan fingerprint density at radius 1 is 1.44 bits per heavy atom. The van der Waals surface area contributed by atoms with Gasteiger partial charge < -0.3 is 4.90 Å². The van der Waals surface area contributed by atoms with Crippen molar-refractivity contribution in [1.29, 1.82) is 0 Å². The molecule has 2 rings (SSSR count). The predicted octanol–water partition coefficient (Wildman–Crippen LogP) is 3.06. The van der Waals surface area contributed by atoms with Crippen molar-refractivity contribution in [3.8, 4) is 0 Å². The van der Waals surface area contributed by atoms with E-state index in [9.17, 15) is 9.18 Å². The maximum Gasteiger partial charge on any atom is 0.227 e. The van der Waals surface area contributed by atoms with Crippen LogP contribution < -0.4 is 4.90 Å². The summed E-state index contributed by atoms with van der Waals surface area (Å²) >= 11 is 4.31. The molecule has 98 valence electrons. The number of anilines is 1. The summed E-state index contributed by atoms with van der Waals surface area (Å²) in [6.07, 6.45) is 2.10. The van der Waals surface area contributed by atoms with E-state index in [1.807, 2.05) is 0 Å². The summed E-state index contributed by atoms with van der Waals surface area (Å²) in [4.78, 5) is 13.8. The first-order chi connectivity index (χ1) is 8.65. The second kappa shape index (κ2) is 5.74. The van der Waals surface area contributed by atoms with Crippen molar-refractivity contribution in [2.75, 3.05) is 17.2 Å². The number of amides is 1. The average molecular weight is 267 g/mol. The molecule has 0 N–H and O–H groups in total. The van der Waals surface area contributed by atoms with E-state index in [0.717, 1.165) is 23.4 Å². The van der Waals surface area contributed by atoms with Gasteiger partial charge in [-0.2, -0.15) is 12.6 Å². The number of carbonyl (C=O) groups excluding carboxylic acids is 1. The molecule has 1 aliphatic rings. The van der Waals surface area contributed by atoms with Gasteiger partial charge >= 0.3 is 0 Å². The molecule has 0 aromatic heterocycles. The number of halogens is 1. The minimum absolute atomic E-state index is 0.134. The fourth-order valence-corrected chi connectivity index (χ4v) is 2.68. The quantitative estimate of drug-likeness (QED) is 0.831. The number of hydrogen-bond acceptors (Lipinski definition) is 2. The van der Waals surface area contributed by atoms with Gasteiger partial charge in [0.05, 0.1) is 0 Å². The van der Waals surface area contributed by atoms with E-state index < -0.39 is 0 Å². The lowest BCUT2D eigenvalue weighted by molar-refractivity contribution is -0.119. The van der Waals surface area contributed by atoms with Gasteiger partial charge in [0.25, 0.3) is 0 Å². The molecule has 1 aromatic rings. The maximum atomic E-state index is 13.2. The van der Waals surface area contributed by atoms with Crippen LogP contribution in [0.3, 0.4) is 0 Å². The summed E-state index contributed by atoms with van der Waals surface area (Å²) in [6, 6.07) is 4.68. The van der Waals surface area contributed by atoms with Crippen molar-refractivity contribution < 1.29 is 9.18 Å². The molecule has 0 spiro atoms. The lowest BCUT2D eigenvalue weighted by Crippen LogP contribution is -2.39. The Morgan fingerprint density at radius 2 is 2.22 bits per heavy atom. The van der Waals surface area contributed by atoms with E-state index in [4.69, 9.17) is 0 Å². The molecule has 1 heterocycles. The monoisotopic (exact) mass is 267 g/mol. The van der Waals surface area contributed by atoms with Gasteiger partial charge in [-0.05, 0) is 41.9 Å². The fraction of sp³-hybridized carbons (Fsp3) is 0.500. The zero-order valence-corrected chi connectivity index (χ0v) is 11.4. The Hall–Kier alpha value is -1.03. The van der Waals surface area contributed by atoms with E-state index in [-0.39, 0.29) is 11.7 Å². The van der Waals surface area contributed by atoms with E-state index in [1.165, 1.54) is 12.1 Å². The van der Waals surface area contributed by atoms with Crippen molar-refractivity contribution in [3.63, 3.8) is 0 Å². The third-order valence-corrected chi connectivity index (χ3v) is 4.03. The van der Waals surface area contributed by atoms with Gasteiger partial charge in [0, 0.05) is 18.7 Å². The molecule has 18 heavy (non-hydrogen) atoms. The van der Waals surface area contributed by atoms with Crippen LogP contribution in [0.25, 0.3) is 0 Å². The van der Waals surface area contributed by atoms with E-state index in [2.05, 4.69) is 19.6 Å². The number of aryl methyl sites for hydroxylation is 1. The first-order valence-corrected chi connectivity index (χ1v) is 6.98. The number of hydrogen-bond donors (Lipinski definition) is 1. The smallest absolute Gasteiger partial charge is 0.227 e. The van der Waals surface area contributed by atoms with E-state index >= 15 is 0 Å². The molecule has 1 aliphatic heterocycles. The van der Waals surface area contributed by atoms with Crippen LogP contribution in [0.5, 0.6) is 0 Å². The summed E-state index contributed by atoms with van der Waals surface area (Å²) in [7, 11) is 0. The van der Waals surface area contributed by atoms with Gasteiger partial charge in [-0.25, -0.2) is 4.39 Å². The Bertz CT molecular complexity index is 445. The summed E-state index contributed by atoms with van der Waals surface area (Å²) < 4.78 is 13.2. The first-order valence-electron chi connectivity index (χ1n) is 6.35. The average Bonchev–Trinajstić information content (AvgIpc) is 2.38. The maximum absolute atomic E-state index is 13.2. The van der Waals surface area contributed by atoms with Crippen LogP contribution in [0.4, 0.5) is 10.1 Å². The van der Waals surface area contributed by atoms with E-state index in [1.54, 1.807) is 11.0 Å².